The second kappa shape index (κ2) is 9.84. The Morgan fingerprint density at radius 3 is 2.57 bits per heavy atom. The molecule has 1 aliphatic heterocycles. The fourth-order valence-electron chi connectivity index (χ4n) is 4.09. The van der Waals surface area contributed by atoms with Gasteiger partial charge in [-0.25, -0.2) is 4.68 Å². The first kappa shape index (κ1) is 23.0. The molecule has 178 valence electrons. The average Bonchev–Trinajstić information content (AvgIpc) is 3.30. The van der Waals surface area contributed by atoms with E-state index in [0.717, 1.165) is 33.7 Å². The van der Waals surface area contributed by atoms with Gasteiger partial charge < -0.3 is 15.5 Å². The molecule has 8 heteroatoms. The number of rotatable bonds is 6. The van der Waals surface area contributed by atoms with Crippen molar-refractivity contribution in [3.63, 3.8) is 0 Å². The molecule has 0 unspecified atom stereocenters. The van der Waals surface area contributed by atoms with Crippen molar-refractivity contribution in [3.8, 4) is 17.1 Å². The Morgan fingerprint density at radius 2 is 1.83 bits per heavy atom. The Kier molecular flexibility index (Phi) is 6.46. The van der Waals surface area contributed by atoms with E-state index in [1.54, 1.807) is 0 Å². The number of benzene rings is 3. The molecule has 0 radical (unpaired) electrons. The number of carbonyl (C=O) groups is 1. The van der Waals surface area contributed by atoms with Gasteiger partial charge in [0, 0.05) is 11.3 Å². The molecule has 2 heterocycles. The third-order valence-corrected chi connectivity index (χ3v) is 7.14. The number of nitrogens with zero attached hydrogens (tertiary/aromatic N) is 3. The fraction of sp³-hybridized carbons (Fsp3) is 0.222. The lowest BCUT2D eigenvalue weighted by atomic mass is 10.0. The van der Waals surface area contributed by atoms with Gasteiger partial charge in [-0.15, -0.1) is 10.2 Å². The molecular formula is C27H27N5O2S. The number of anilines is 1. The summed E-state index contributed by atoms with van der Waals surface area (Å²) >= 11 is 1.41. The number of aryl methyl sites for hydroxylation is 2. The zero-order valence-electron chi connectivity index (χ0n) is 19.9. The number of carbonyl (C=O) groups excluding carboxylic acids is 1. The van der Waals surface area contributed by atoms with Crippen LogP contribution in [0.4, 0.5) is 5.69 Å². The Balaban J connectivity index is 1.51. The van der Waals surface area contributed by atoms with Crippen LogP contribution >= 0.6 is 11.8 Å². The lowest BCUT2D eigenvalue weighted by Crippen LogP contribution is -2.41. The quantitative estimate of drug-likeness (QED) is 0.383. The maximum atomic E-state index is 13.6. The molecule has 2 N–H and O–H groups in total. The number of nitrogens with one attached hydrogen (secondary N) is 2. The minimum atomic E-state index is -0.465. The lowest BCUT2D eigenvalue weighted by molar-refractivity contribution is -0.116. The molecule has 0 saturated carbocycles. The first-order chi connectivity index (χ1) is 17.0. The molecule has 35 heavy (non-hydrogen) atoms. The molecule has 0 bridgehead atoms. The van der Waals surface area contributed by atoms with Gasteiger partial charge in [0.2, 0.25) is 11.1 Å². The van der Waals surface area contributed by atoms with E-state index in [0.29, 0.717) is 17.6 Å². The largest absolute Gasteiger partial charge is 0.494 e. The number of thioether (sulfide) groups is 1. The molecule has 3 aromatic carbocycles. The van der Waals surface area contributed by atoms with Crippen LogP contribution in [-0.2, 0) is 4.79 Å². The molecule has 0 fully saturated rings. The second-order valence-electron chi connectivity index (χ2n) is 8.46. The molecule has 5 rings (SSSR count). The summed E-state index contributed by atoms with van der Waals surface area (Å²) in [5.74, 6) is 1.41. The van der Waals surface area contributed by atoms with Crippen molar-refractivity contribution in [3.05, 3.63) is 89.5 Å². The molecule has 1 aromatic heterocycles. The van der Waals surface area contributed by atoms with Crippen molar-refractivity contribution < 1.29 is 9.53 Å². The third-order valence-electron chi connectivity index (χ3n) is 5.93. The van der Waals surface area contributed by atoms with Crippen molar-refractivity contribution in [2.24, 2.45) is 0 Å². The maximum Gasteiger partial charge on any atom is 0.240 e. The van der Waals surface area contributed by atoms with Gasteiger partial charge in [0.05, 0.1) is 12.6 Å². The van der Waals surface area contributed by atoms with Crippen LogP contribution < -0.4 is 15.5 Å². The van der Waals surface area contributed by atoms with Gasteiger partial charge in [0.25, 0.3) is 0 Å². The highest BCUT2D eigenvalue weighted by atomic mass is 32.2. The van der Waals surface area contributed by atoms with Crippen LogP contribution in [0.2, 0.25) is 0 Å². The van der Waals surface area contributed by atoms with E-state index in [2.05, 4.69) is 20.9 Å². The Hall–Kier alpha value is -3.78. The van der Waals surface area contributed by atoms with E-state index in [9.17, 15) is 4.79 Å². The van der Waals surface area contributed by atoms with Gasteiger partial charge in [-0.2, -0.15) is 0 Å². The summed E-state index contributed by atoms with van der Waals surface area (Å²) in [5.41, 5.74) is 8.37. The number of hydrogen-bond donors (Lipinski definition) is 2. The van der Waals surface area contributed by atoms with Crippen molar-refractivity contribution in [1.82, 2.24) is 14.9 Å². The molecule has 4 aromatic rings. The van der Waals surface area contributed by atoms with E-state index < -0.39 is 5.25 Å². The van der Waals surface area contributed by atoms with E-state index in [-0.39, 0.29) is 11.9 Å². The van der Waals surface area contributed by atoms with Crippen molar-refractivity contribution >= 4 is 23.4 Å². The predicted molar refractivity (Wildman–Crippen MR) is 139 cm³/mol. The highest BCUT2D eigenvalue weighted by Gasteiger charge is 2.38. The molecule has 7 nitrogen and oxygen atoms in total. The number of fused-ring (bicyclic) bond motifs is 1. The first-order valence-electron chi connectivity index (χ1n) is 11.6. The Bertz CT molecular complexity index is 1340. The normalized spacial score (nSPS) is 16.8. The minimum absolute atomic E-state index is 0.0920. The number of ether oxygens (including phenoxy) is 1. The second-order valence-corrected chi connectivity index (χ2v) is 9.57. The fourth-order valence-corrected chi connectivity index (χ4v) is 5.17. The summed E-state index contributed by atoms with van der Waals surface area (Å²) in [4.78, 5) is 13.6. The first-order valence-corrected chi connectivity index (χ1v) is 12.5. The van der Waals surface area contributed by atoms with Gasteiger partial charge in [-0.1, -0.05) is 66.4 Å². The van der Waals surface area contributed by atoms with Crippen LogP contribution in [0.25, 0.3) is 11.4 Å². The summed E-state index contributed by atoms with van der Waals surface area (Å²) in [7, 11) is 0. The van der Waals surface area contributed by atoms with Gasteiger partial charge in [-0.3, -0.25) is 4.79 Å². The zero-order valence-corrected chi connectivity index (χ0v) is 20.7. The van der Waals surface area contributed by atoms with Crippen LogP contribution in [-0.4, -0.2) is 32.6 Å². The number of aromatic nitrogens is 3. The smallest absolute Gasteiger partial charge is 0.240 e. The van der Waals surface area contributed by atoms with Crippen molar-refractivity contribution in [2.45, 2.75) is 37.2 Å². The molecule has 1 amide bonds. The summed E-state index contributed by atoms with van der Waals surface area (Å²) in [6.07, 6.45) is 0. The topological polar surface area (TPSA) is 81.1 Å². The molecule has 1 aliphatic rings. The monoisotopic (exact) mass is 485 g/mol. The molecule has 0 aliphatic carbocycles. The highest BCUT2D eigenvalue weighted by Crippen LogP contribution is 2.39. The highest BCUT2D eigenvalue weighted by molar-refractivity contribution is 8.00. The van der Waals surface area contributed by atoms with E-state index in [1.807, 2.05) is 98.2 Å². The van der Waals surface area contributed by atoms with Crippen molar-refractivity contribution in [1.29, 1.82) is 0 Å². The predicted octanol–water partition coefficient (Wildman–Crippen LogP) is 5.36. The summed E-state index contributed by atoms with van der Waals surface area (Å²) in [6, 6.07) is 23.5. The third kappa shape index (κ3) is 4.74. The van der Waals surface area contributed by atoms with E-state index in [4.69, 9.17) is 4.74 Å². The average molecular weight is 486 g/mol. The van der Waals surface area contributed by atoms with Crippen LogP contribution in [0.15, 0.2) is 78.0 Å². The van der Waals surface area contributed by atoms with E-state index >= 15 is 0 Å². The Labute approximate surface area is 208 Å². The minimum Gasteiger partial charge on any atom is -0.494 e. The zero-order chi connectivity index (χ0) is 24.4. The summed E-state index contributed by atoms with van der Waals surface area (Å²) in [5, 5.41) is 12.1. The summed E-state index contributed by atoms with van der Waals surface area (Å²) in [6.45, 7) is 6.57. The van der Waals surface area contributed by atoms with Crippen LogP contribution in [0, 0.1) is 13.8 Å². The van der Waals surface area contributed by atoms with Crippen LogP contribution in [0.1, 0.15) is 29.7 Å². The molecule has 0 spiro atoms. The molecule has 0 saturated heterocycles. The van der Waals surface area contributed by atoms with Crippen molar-refractivity contribution in [2.75, 3.05) is 17.3 Å². The maximum absolute atomic E-state index is 13.6. The summed E-state index contributed by atoms with van der Waals surface area (Å²) < 4.78 is 7.49. The van der Waals surface area contributed by atoms with Crippen LogP contribution in [0.3, 0.4) is 0 Å². The van der Waals surface area contributed by atoms with E-state index in [1.165, 1.54) is 11.8 Å². The number of amides is 1. The Morgan fingerprint density at radius 1 is 1.06 bits per heavy atom. The molecular weight excluding hydrogens is 458 g/mol. The van der Waals surface area contributed by atoms with Crippen LogP contribution in [0.5, 0.6) is 5.75 Å². The van der Waals surface area contributed by atoms with Gasteiger partial charge in [-0.05, 0) is 55.7 Å². The number of hydrogen-bond acceptors (Lipinski definition) is 6. The lowest BCUT2D eigenvalue weighted by Gasteiger charge is -2.33. The SMILES string of the molecule is CCOc1ccc([C@H]2Nn3c(nnc3-c3ccccc3)S[C@@H]2C(=O)Nc2cc(C)ccc2C)cc1. The van der Waals surface area contributed by atoms with Gasteiger partial charge in [0.15, 0.2) is 5.82 Å². The van der Waals surface area contributed by atoms with Gasteiger partial charge in [0.1, 0.15) is 11.0 Å². The van der Waals surface area contributed by atoms with Gasteiger partial charge >= 0.3 is 0 Å². The standard InChI is InChI=1S/C27H27N5O2S/c1-4-34-21-14-12-19(13-15-21)23-24(26(33)28-22-16-17(2)10-11-18(22)3)35-27-30-29-25(32(27)31-23)20-8-6-5-7-9-20/h5-16,23-24,31H,4H2,1-3H3,(H,28,33)/t23-,24+/m1/s1. The molecule has 2 atom stereocenters.